The molecule has 0 saturated carbocycles. The topological polar surface area (TPSA) is 119 Å². The Labute approximate surface area is 162 Å². The Balaban J connectivity index is 2.02. The van der Waals surface area contributed by atoms with Crippen LogP contribution in [0.2, 0.25) is 0 Å². The SMILES string of the molecule is O=C1NC(=O)C(=Cc2cc(Br)ccc2OS(=O)(=O)c2ccccc2)C(=O)N1. The molecule has 2 aromatic carbocycles. The van der Waals surface area contributed by atoms with E-state index in [-0.39, 0.29) is 21.8 Å². The highest BCUT2D eigenvalue weighted by Gasteiger charge is 2.28. The van der Waals surface area contributed by atoms with Gasteiger partial charge in [0.25, 0.3) is 11.8 Å². The average Bonchev–Trinajstić information content (AvgIpc) is 2.61. The Morgan fingerprint density at radius 1 is 0.926 bits per heavy atom. The molecule has 138 valence electrons. The molecule has 1 aliphatic rings. The zero-order chi connectivity index (χ0) is 19.6. The number of carbonyl (C=O) groups excluding carboxylic acids is 3. The Morgan fingerprint density at radius 3 is 2.19 bits per heavy atom. The molecule has 2 N–H and O–H groups in total. The third-order valence-corrected chi connectivity index (χ3v) is 5.19. The van der Waals surface area contributed by atoms with E-state index in [1.165, 1.54) is 24.3 Å². The third kappa shape index (κ3) is 4.23. The molecular weight excluding hydrogens is 440 g/mol. The smallest absolute Gasteiger partial charge is 0.339 e. The molecule has 1 fully saturated rings. The van der Waals surface area contributed by atoms with Crippen LogP contribution in [0.1, 0.15) is 5.56 Å². The molecule has 8 nitrogen and oxygen atoms in total. The zero-order valence-electron chi connectivity index (χ0n) is 13.4. The van der Waals surface area contributed by atoms with Crippen LogP contribution in [0, 0.1) is 0 Å². The van der Waals surface area contributed by atoms with Crippen LogP contribution >= 0.6 is 15.9 Å². The minimum atomic E-state index is -4.13. The van der Waals surface area contributed by atoms with E-state index in [1.807, 2.05) is 10.6 Å². The normalized spacial score (nSPS) is 14.4. The van der Waals surface area contributed by atoms with Gasteiger partial charge >= 0.3 is 16.1 Å². The Hall–Kier alpha value is -2.98. The maximum absolute atomic E-state index is 12.4. The van der Waals surface area contributed by atoms with Crippen molar-refractivity contribution >= 4 is 50.0 Å². The number of urea groups is 1. The third-order valence-electron chi connectivity index (χ3n) is 3.45. The summed E-state index contributed by atoms with van der Waals surface area (Å²) in [5.74, 6) is -1.90. The monoisotopic (exact) mass is 450 g/mol. The van der Waals surface area contributed by atoms with Crippen LogP contribution in [0.3, 0.4) is 0 Å². The number of halogens is 1. The molecule has 4 amide bonds. The lowest BCUT2D eigenvalue weighted by Gasteiger charge is -2.15. The number of rotatable bonds is 4. The summed E-state index contributed by atoms with van der Waals surface area (Å²) in [4.78, 5) is 34.9. The first-order valence-electron chi connectivity index (χ1n) is 7.44. The summed E-state index contributed by atoms with van der Waals surface area (Å²) in [5, 5.41) is 3.88. The molecule has 3 rings (SSSR count). The van der Waals surface area contributed by atoms with Gasteiger partial charge in [0.1, 0.15) is 16.2 Å². The van der Waals surface area contributed by atoms with Gasteiger partial charge in [0.05, 0.1) is 0 Å². The molecule has 0 unspecified atom stereocenters. The molecule has 0 atom stereocenters. The van der Waals surface area contributed by atoms with Crippen LogP contribution in [0.25, 0.3) is 6.08 Å². The molecule has 2 aromatic rings. The van der Waals surface area contributed by atoms with E-state index in [1.54, 1.807) is 24.3 Å². The van der Waals surface area contributed by atoms with Crippen LogP contribution < -0.4 is 14.8 Å². The summed E-state index contributed by atoms with van der Waals surface area (Å²) in [6.45, 7) is 0. The second-order valence-electron chi connectivity index (χ2n) is 5.33. The fourth-order valence-electron chi connectivity index (χ4n) is 2.22. The molecule has 1 heterocycles. The van der Waals surface area contributed by atoms with Gasteiger partial charge in [0, 0.05) is 10.0 Å². The van der Waals surface area contributed by atoms with Gasteiger partial charge in [-0.1, -0.05) is 34.1 Å². The quantitative estimate of drug-likeness (QED) is 0.417. The Kier molecular flexibility index (Phi) is 5.10. The van der Waals surface area contributed by atoms with Crippen LogP contribution in [0.5, 0.6) is 5.75 Å². The fraction of sp³-hybridized carbons (Fsp3) is 0. The number of hydrogen-bond acceptors (Lipinski definition) is 6. The number of carbonyl (C=O) groups is 3. The molecule has 0 aliphatic carbocycles. The lowest BCUT2D eigenvalue weighted by Crippen LogP contribution is -2.51. The average molecular weight is 451 g/mol. The first-order valence-corrected chi connectivity index (χ1v) is 9.64. The van der Waals surface area contributed by atoms with E-state index in [4.69, 9.17) is 4.18 Å². The van der Waals surface area contributed by atoms with Crippen molar-refractivity contribution in [3.05, 3.63) is 64.1 Å². The van der Waals surface area contributed by atoms with Crippen molar-refractivity contribution in [2.45, 2.75) is 4.90 Å². The van der Waals surface area contributed by atoms with Crippen LogP contribution in [0.4, 0.5) is 4.79 Å². The standard InChI is InChI=1S/C17H11BrN2O6S/c18-11-6-7-14(26-27(24,25)12-4-2-1-3-5-12)10(8-11)9-13-15(21)19-17(23)20-16(13)22/h1-9H,(H2,19,20,21,22,23). The van der Waals surface area contributed by atoms with E-state index < -0.39 is 28.0 Å². The van der Waals surface area contributed by atoms with Crippen molar-refractivity contribution in [3.63, 3.8) is 0 Å². The van der Waals surface area contributed by atoms with Crippen molar-refractivity contribution in [2.24, 2.45) is 0 Å². The first-order chi connectivity index (χ1) is 12.8. The summed E-state index contributed by atoms with van der Waals surface area (Å²) >= 11 is 3.24. The molecule has 27 heavy (non-hydrogen) atoms. The van der Waals surface area contributed by atoms with Gasteiger partial charge in [0.15, 0.2) is 0 Å². The molecule has 1 aliphatic heterocycles. The second-order valence-corrected chi connectivity index (χ2v) is 7.79. The summed E-state index contributed by atoms with van der Waals surface area (Å²) in [6, 6.07) is 11.0. The van der Waals surface area contributed by atoms with Crippen molar-refractivity contribution < 1.29 is 27.0 Å². The molecule has 0 aromatic heterocycles. The predicted molar refractivity (Wildman–Crippen MR) is 98.1 cm³/mol. The molecular formula is C17H11BrN2O6S. The number of benzene rings is 2. The maximum Gasteiger partial charge on any atom is 0.339 e. The number of nitrogens with one attached hydrogen (secondary N) is 2. The molecule has 0 bridgehead atoms. The highest BCUT2D eigenvalue weighted by Crippen LogP contribution is 2.28. The molecule has 10 heteroatoms. The number of amides is 4. The lowest BCUT2D eigenvalue weighted by molar-refractivity contribution is -0.123. The van der Waals surface area contributed by atoms with Crippen LogP contribution in [-0.2, 0) is 19.7 Å². The summed E-state index contributed by atoms with van der Waals surface area (Å²) in [7, 11) is -4.13. The van der Waals surface area contributed by atoms with Gasteiger partial charge in [-0.3, -0.25) is 20.2 Å². The number of imide groups is 2. The largest absolute Gasteiger partial charge is 0.378 e. The van der Waals surface area contributed by atoms with Crippen LogP contribution in [0.15, 0.2) is 63.5 Å². The van der Waals surface area contributed by atoms with E-state index in [2.05, 4.69) is 15.9 Å². The van der Waals surface area contributed by atoms with Gasteiger partial charge in [0.2, 0.25) is 0 Å². The van der Waals surface area contributed by atoms with Crippen molar-refractivity contribution in [3.8, 4) is 5.75 Å². The first kappa shape index (κ1) is 18.8. The predicted octanol–water partition coefficient (Wildman–Crippen LogP) is 1.97. The minimum absolute atomic E-state index is 0.0507. The van der Waals surface area contributed by atoms with E-state index in [0.29, 0.717) is 4.47 Å². The second kappa shape index (κ2) is 7.33. The molecule has 0 radical (unpaired) electrons. The van der Waals surface area contributed by atoms with Gasteiger partial charge < -0.3 is 4.18 Å². The van der Waals surface area contributed by atoms with E-state index >= 15 is 0 Å². The minimum Gasteiger partial charge on any atom is -0.378 e. The molecule has 1 saturated heterocycles. The van der Waals surface area contributed by atoms with Crippen molar-refractivity contribution in [1.82, 2.24) is 10.6 Å². The highest BCUT2D eigenvalue weighted by atomic mass is 79.9. The lowest BCUT2D eigenvalue weighted by atomic mass is 10.1. The van der Waals surface area contributed by atoms with Crippen LogP contribution in [-0.4, -0.2) is 26.3 Å². The maximum atomic E-state index is 12.4. The number of barbiturate groups is 1. The van der Waals surface area contributed by atoms with Crippen molar-refractivity contribution in [2.75, 3.05) is 0 Å². The number of hydrogen-bond donors (Lipinski definition) is 2. The Bertz CT molecular complexity index is 1060. The van der Waals surface area contributed by atoms with E-state index in [9.17, 15) is 22.8 Å². The molecule has 0 spiro atoms. The Morgan fingerprint density at radius 2 is 1.56 bits per heavy atom. The van der Waals surface area contributed by atoms with Crippen molar-refractivity contribution in [1.29, 1.82) is 0 Å². The fourth-order valence-corrected chi connectivity index (χ4v) is 3.58. The van der Waals surface area contributed by atoms with Gasteiger partial charge in [-0.25, -0.2) is 4.79 Å². The highest BCUT2D eigenvalue weighted by molar-refractivity contribution is 9.10. The van der Waals surface area contributed by atoms with Gasteiger partial charge in [-0.2, -0.15) is 8.42 Å². The zero-order valence-corrected chi connectivity index (χ0v) is 15.8. The summed E-state index contributed by atoms with van der Waals surface area (Å²) in [5.41, 5.74) is -0.215. The summed E-state index contributed by atoms with van der Waals surface area (Å²) in [6.07, 6.45) is 1.14. The van der Waals surface area contributed by atoms with Gasteiger partial charge in [-0.15, -0.1) is 0 Å². The van der Waals surface area contributed by atoms with E-state index in [0.717, 1.165) is 6.08 Å². The van der Waals surface area contributed by atoms with Gasteiger partial charge in [-0.05, 0) is 36.4 Å². The summed E-state index contributed by atoms with van der Waals surface area (Å²) < 4.78 is 30.6.